The minimum absolute atomic E-state index is 0.477. The van der Waals surface area contributed by atoms with Crippen LogP contribution in [-0.4, -0.2) is 5.11 Å². The fourth-order valence-electron chi connectivity index (χ4n) is 1.91. The van der Waals surface area contributed by atoms with E-state index in [-0.39, 0.29) is 0 Å². The number of aliphatic hydroxyl groups is 1. The molecule has 0 radical (unpaired) electrons. The number of nitrogens with zero attached hydrogens (tertiary/aromatic N) is 1. The highest BCUT2D eigenvalue weighted by Crippen LogP contribution is 2.31. The van der Waals surface area contributed by atoms with Gasteiger partial charge in [-0.15, -0.1) is 0 Å². The highest BCUT2D eigenvalue weighted by Gasteiger charge is 2.22. The van der Waals surface area contributed by atoms with Gasteiger partial charge in [-0.3, -0.25) is 0 Å². The standard InChI is InChI=1S/C17H15NO/c1-17(19,13-12-14-8-4-3-5-9-14)15-10-6-7-11-16(15)18-2/h3-13,19H,1H3/b13-12+. The van der Waals surface area contributed by atoms with Crippen molar-refractivity contribution >= 4 is 11.8 Å². The molecule has 0 spiro atoms. The molecule has 0 aliphatic heterocycles. The summed E-state index contributed by atoms with van der Waals surface area (Å²) < 4.78 is 0. The molecule has 0 bridgehead atoms. The Morgan fingerprint density at radius 2 is 1.68 bits per heavy atom. The Morgan fingerprint density at radius 1 is 1.05 bits per heavy atom. The van der Waals surface area contributed by atoms with Gasteiger partial charge in [0.15, 0.2) is 5.69 Å². The number of para-hydroxylation sites is 1. The first kappa shape index (κ1) is 13.1. The third kappa shape index (κ3) is 3.09. The predicted octanol–water partition coefficient (Wildman–Crippen LogP) is 4.16. The third-order valence-corrected chi connectivity index (χ3v) is 2.97. The van der Waals surface area contributed by atoms with Crippen LogP contribution in [0.1, 0.15) is 18.1 Å². The lowest BCUT2D eigenvalue weighted by molar-refractivity contribution is 0.113. The molecule has 2 heteroatoms. The maximum atomic E-state index is 10.5. The molecule has 2 nitrogen and oxygen atoms in total. The molecule has 0 amide bonds. The summed E-state index contributed by atoms with van der Waals surface area (Å²) in [6, 6.07) is 16.9. The Bertz CT molecular complexity index is 621. The first-order valence-corrected chi connectivity index (χ1v) is 6.07. The largest absolute Gasteiger partial charge is 0.383 e. The van der Waals surface area contributed by atoms with Gasteiger partial charge in [0.1, 0.15) is 0 Å². The summed E-state index contributed by atoms with van der Waals surface area (Å²) in [7, 11) is 0. The zero-order valence-corrected chi connectivity index (χ0v) is 10.7. The van der Waals surface area contributed by atoms with E-state index in [9.17, 15) is 5.11 Å². The lowest BCUT2D eigenvalue weighted by Gasteiger charge is -2.21. The van der Waals surface area contributed by atoms with Crippen molar-refractivity contribution in [3.63, 3.8) is 0 Å². The van der Waals surface area contributed by atoms with Gasteiger partial charge in [-0.1, -0.05) is 60.7 Å². The summed E-state index contributed by atoms with van der Waals surface area (Å²) in [5, 5.41) is 10.5. The van der Waals surface area contributed by atoms with Crippen molar-refractivity contribution in [1.82, 2.24) is 0 Å². The monoisotopic (exact) mass is 249 g/mol. The van der Waals surface area contributed by atoms with Crippen LogP contribution in [0.3, 0.4) is 0 Å². The number of rotatable bonds is 3. The van der Waals surface area contributed by atoms with Crippen molar-refractivity contribution < 1.29 is 5.11 Å². The Balaban J connectivity index is 2.33. The minimum atomic E-state index is -1.16. The van der Waals surface area contributed by atoms with E-state index >= 15 is 0 Å². The summed E-state index contributed by atoms with van der Waals surface area (Å²) in [4.78, 5) is 3.45. The first-order valence-electron chi connectivity index (χ1n) is 6.07. The molecule has 0 saturated carbocycles. The van der Waals surface area contributed by atoms with Crippen LogP contribution in [0, 0.1) is 6.57 Å². The quantitative estimate of drug-likeness (QED) is 0.812. The summed E-state index contributed by atoms with van der Waals surface area (Å²) >= 11 is 0. The van der Waals surface area contributed by atoms with E-state index in [4.69, 9.17) is 6.57 Å². The van der Waals surface area contributed by atoms with Crippen LogP contribution in [0.4, 0.5) is 5.69 Å². The summed E-state index contributed by atoms with van der Waals surface area (Å²) in [6.07, 6.45) is 3.58. The molecule has 1 unspecified atom stereocenters. The van der Waals surface area contributed by atoms with Gasteiger partial charge in [-0.25, -0.2) is 4.85 Å². The second-order valence-corrected chi connectivity index (χ2v) is 4.52. The first-order chi connectivity index (χ1) is 9.13. The highest BCUT2D eigenvalue weighted by molar-refractivity contribution is 5.58. The van der Waals surface area contributed by atoms with Crippen LogP contribution < -0.4 is 0 Å². The molecular formula is C17H15NO. The maximum absolute atomic E-state index is 10.5. The minimum Gasteiger partial charge on any atom is -0.383 e. The number of benzene rings is 2. The molecule has 2 aromatic rings. The molecule has 0 heterocycles. The van der Waals surface area contributed by atoms with Gasteiger partial charge in [0.25, 0.3) is 0 Å². The van der Waals surface area contributed by atoms with Crippen molar-refractivity contribution in [2.75, 3.05) is 0 Å². The Hall–Kier alpha value is -2.37. The van der Waals surface area contributed by atoms with E-state index in [0.29, 0.717) is 11.3 Å². The van der Waals surface area contributed by atoms with Crippen LogP contribution in [0.2, 0.25) is 0 Å². The Kier molecular flexibility index (Phi) is 3.79. The van der Waals surface area contributed by atoms with Crippen molar-refractivity contribution in [1.29, 1.82) is 0 Å². The van der Waals surface area contributed by atoms with E-state index in [0.717, 1.165) is 5.56 Å². The topological polar surface area (TPSA) is 24.6 Å². The second kappa shape index (κ2) is 5.51. The molecule has 0 aromatic heterocycles. The Labute approximate surface area is 113 Å². The molecular weight excluding hydrogens is 234 g/mol. The fourth-order valence-corrected chi connectivity index (χ4v) is 1.91. The molecule has 19 heavy (non-hydrogen) atoms. The summed E-state index contributed by atoms with van der Waals surface area (Å²) in [5.41, 5.74) is 0.960. The van der Waals surface area contributed by atoms with Gasteiger partial charge in [-0.05, 0) is 24.1 Å². The number of hydrogen-bond acceptors (Lipinski definition) is 1. The van der Waals surface area contributed by atoms with Gasteiger partial charge in [-0.2, -0.15) is 0 Å². The number of hydrogen-bond donors (Lipinski definition) is 1. The average Bonchev–Trinajstić information content (AvgIpc) is 2.46. The third-order valence-electron chi connectivity index (χ3n) is 2.97. The van der Waals surface area contributed by atoms with Crippen molar-refractivity contribution in [2.24, 2.45) is 0 Å². The highest BCUT2D eigenvalue weighted by atomic mass is 16.3. The fraction of sp³-hybridized carbons (Fsp3) is 0.118. The predicted molar refractivity (Wildman–Crippen MR) is 77.8 cm³/mol. The average molecular weight is 249 g/mol. The zero-order valence-electron chi connectivity index (χ0n) is 10.7. The SMILES string of the molecule is [C-]#[N+]c1ccccc1C(C)(O)/C=C/c1ccccc1. The van der Waals surface area contributed by atoms with Crippen molar-refractivity contribution in [3.05, 3.63) is 83.2 Å². The summed E-state index contributed by atoms with van der Waals surface area (Å²) in [6.45, 7) is 8.84. The van der Waals surface area contributed by atoms with Crippen molar-refractivity contribution in [3.8, 4) is 0 Å². The van der Waals surface area contributed by atoms with E-state index < -0.39 is 5.60 Å². The Morgan fingerprint density at radius 3 is 2.37 bits per heavy atom. The van der Waals surface area contributed by atoms with E-state index in [1.165, 1.54) is 0 Å². The van der Waals surface area contributed by atoms with Crippen LogP contribution >= 0.6 is 0 Å². The molecule has 0 saturated heterocycles. The molecule has 94 valence electrons. The van der Waals surface area contributed by atoms with Gasteiger partial charge < -0.3 is 5.11 Å². The van der Waals surface area contributed by atoms with Gasteiger partial charge in [0, 0.05) is 0 Å². The zero-order chi connectivity index (χ0) is 13.7. The van der Waals surface area contributed by atoms with E-state index in [1.54, 1.807) is 31.2 Å². The smallest absolute Gasteiger partial charge is 0.193 e. The van der Waals surface area contributed by atoms with Crippen molar-refractivity contribution in [2.45, 2.75) is 12.5 Å². The van der Waals surface area contributed by atoms with Crippen LogP contribution in [0.15, 0.2) is 60.7 Å². The molecule has 0 fully saturated rings. The second-order valence-electron chi connectivity index (χ2n) is 4.52. The summed E-state index contributed by atoms with van der Waals surface area (Å²) in [5.74, 6) is 0. The van der Waals surface area contributed by atoms with E-state index in [2.05, 4.69) is 4.85 Å². The van der Waals surface area contributed by atoms with Crippen LogP contribution in [-0.2, 0) is 5.60 Å². The van der Waals surface area contributed by atoms with Gasteiger partial charge >= 0.3 is 0 Å². The molecule has 0 aliphatic carbocycles. The molecule has 0 aliphatic rings. The van der Waals surface area contributed by atoms with Crippen LogP contribution in [0.5, 0.6) is 0 Å². The van der Waals surface area contributed by atoms with Crippen LogP contribution in [0.25, 0.3) is 10.9 Å². The molecule has 2 rings (SSSR count). The normalized spacial score (nSPS) is 13.9. The van der Waals surface area contributed by atoms with Gasteiger partial charge in [0.2, 0.25) is 0 Å². The van der Waals surface area contributed by atoms with Gasteiger partial charge in [0.05, 0.1) is 12.2 Å². The maximum Gasteiger partial charge on any atom is 0.193 e. The molecule has 1 N–H and O–H groups in total. The lowest BCUT2D eigenvalue weighted by atomic mass is 9.93. The van der Waals surface area contributed by atoms with E-state index in [1.807, 2.05) is 42.5 Å². The lowest BCUT2D eigenvalue weighted by Crippen LogP contribution is -2.17. The molecule has 1 atom stereocenters. The molecule has 2 aromatic carbocycles.